The molecule has 17 heavy (non-hydrogen) atoms. The van der Waals surface area contributed by atoms with Crippen LogP contribution in [0.1, 0.15) is 0 Å². The van der Waals surface area contributed by atoms with Crippen LogP contribution in [-0.4, -0.2) is 56.2 Å². The second-order valence-electron chi connectivity index (χ2n) is 3.15. The summed E-state index contributed by atoms with van der Waals surface area (Å²) in [6.07, 6.45) is 0. The minimum absolute atomic E-state index is 0.406. The zero-order chi connectivity index (χ0) is 14.1. The minimum Gasteiger partial charge on any atom is -0.396 e. The van der Waals surface area contributed by atoms with E-state index in [1.165, 1.54) is 0 Å². The summed E-state index contributed by atoms with van der Waals surface area (Å²) in [5.74, 6) is -0.712. The van der Waals surface area contributed by atoms with Gasteiger partial charge in [-0.05, 0) is 0 Å². The van der Waals surface area contributed by atoms with Crippen molar-refractivity contribution in [1.82, 2.24) is 0 Å². The molecule has 0 aliphatic rings. The highest BCUT2D eigenvalue weighted by molar-refractivity contribution is 8.18. The van der Waals surface area contributed by atoms with Crippen molar-refractivity contribution in [1.29, 1.82) is 0 Å². The maximum Gasteiger partial charge on any atom is 0.354 e. The van der Waals surface area contributed by atoms with E-state index in [2.05, 4.69) is 55.0 Å². The van der Waals surface area contributed by atoms with Crippen molar-refractivity contribution >= 4 is 56.8 Å². The Balaban J connectivity index is 0. The van der Waals surface area contributed by atoms with Gasteiger partial charge in [-0.15, -0.1) is 37.9 Å². The maximum atomic E-state index is 10.3. The van der Waals surface area contributed by atoms with Crippen molar-refractivity contribution in [2.45, 2.75) is 3.41 Å². The fraction of sp³-hybridized carbons (Fsp3) is 0.857. The molecule has 0 aromatic rings. The molecule has 0 atom stereocenters. The van der Waals surface area contributed by atoms with Gasteiger partial charge in [0.25, 0.3) is 0 Å². The summed E-state index contributed by atoms with van der Waals surface area (Å²) in [6.45, 7) is -1.62. The standard InChI is InChI=1S/C5H12O4.C2H4O2S4/c6-1-5(2-7,3-8)4-9;3-1(4-8)2(5,6)7/h6-9H,1-4H2;5-8H. The predicted octanol–water partition coefficient (Wildman–Crippen LogP) is -1.24. The first-order valence-electron chi connectivity index (χ1n) is 4.19. The van der Waals surface area contributed by atoms with Crippen molar-refractivity contribution in [2.75, 3.05) is 26.4 Å². The molecule has 0 bridgehead atoms. The molecular formula is C7H16O6S4. The summed E-state index contributed by atoms with van der Waals surface area (Å²) in [4.78, 5) is 10.3. The van der Waals surface area contributed by atoms with E-state index in [-0.39, 0.29) is 0 Å². The fourth-order valence-corrected chi connectivity index (χ4v) is 0.851. The monoisotopic (exact) mass is 324 g/mol. The lowest BCUT2D eigenvalue weighted by Gasteiger charge is -2.23. The molecule has 4 N–H and O–H groups in total. The Labute approximate surface area is 121 Å². The highest BCUT2D eigenvalue weighted by Crippen LogP contribution is 2.25. The van der Waals surface area contributed by atoms with Crippen LogP contribution >= 0.6 is 50.8 Å². The number of hydrogen-bond acceptors (Lipinski definition) is 10. The second-order valence-corrected chi connectivity index (χ2v) is 6.40. The summed E-state index contributed by atoms with van der Waals surface area (Å²) in [5.41, 5.74) is -1.11. The topological polar surface area (TPSA) is 107 Å². The van der Waals surface area contributed by atoms with E-state index in [0.717, 1.165) is 0 Å². The number of carbonyl (C=O) groups excluding carboxylic acids is 1. The lowest BCUT2D eigenvalue weighted by molar-refractivity contribution is -0.131. The first-order valence-corrected chi connectivity index (χ1v) is 5.90. The minimum atomic E-state index is -1.35. The largest absolute Gasteiger partial charge is 0.396 e. The van der Waals surface area contributed by atoms with Crippen molar-refractivity contribution in [3.05, 3.63) is 0 Å². The molecule has 0 rings (SSSR count). The van der Waals surface area contributed by atoms with Gasteiger partial charge in [-0.1, -0.05) is 0 Å². The van der Waals surface area contributed by atoms with Gasteiger partial charge in [-0.25, -0.2) is 4.79 Å². The Kier molecular flexibility index (Phi) is 11.3. The zero-order valence-electron chi connectivity index (χ0n) is 8.72. The highest BCUT2D eigenvalue weighted by Gasteiger charge is 2.26. The van der Waals surface area contributed by atoms with E-state index >= 15 is 0 Å². The van der Waals surface area contributed by atoms with Crippen molar-refractivity contribution in [3.8, 4) is 0 Å². The van der Waals surface area contributed by atoms with Crippen LogP contribution in [0.4, 0.5) is 0 Å². The van der Waals surface area contributed by atoms with Crippen molar-refractivity contribution in [3.63, 3.8) is 0 Å². The quantitative estimate of drug-likeness (QED) is 0.183. The number of rotatable bonds is 5. The summed E-state index contributed by atoms with van der Waals surface area (Å²) in [7, 11) is 0. The average molecular weight is 324 g/mol. The van der Waals surface area contributed by atoms with Gasteiger partial charge < -0.3 is 24.6 Å². The average Bonchev–Trinajstić information content (AvgIpc) is 2.31. The third kappa shape index (κ3) is 8.43. The third-order valence-corrected chi connectivity index (χ3v) is 2.41. The molecule has 104 valence electrons. The van der Waals surface area contributed by atoms with E-state index in [1.54, 1.807) is 0 Å². The van der Waals surface area contributed by atoms with E-state index in [1.807, 2.05) is 0 Å². The lowest BCUT2D eigenvalue weighted by atomic mass is 9.93. The molecule has 0 saturated heterocycles. The molecule has 0 spiro atoms. The normalized spacial score (nSPS) is 11.5. The molecule has 6 nitrogen and oxygen atoms in total. The first kappa shape index (κ1) is 20.0. The summed E-state index contributed by atoms with van der Waals surface area (Å²) in [6, 6.07) is 0. The van der Waals surface area contributed by atoms with E-state index < -0.39 is 41.2 Å². The van der Waals surface area contributed by atoms with Gasteiger partial charge in [-0.3, -0.25) is 0 Å². The Morgan fingerprint density at radius 3 is 1.24 bits per heavy atom. The third-order valence-electron chi connectivity index (χ3n) is 1.70. The predicted molar refractivity (Wildman–Crippen MR) is 75.5 cm³/mol. The number of carbonyl (C=O) groups is 1. The molecule has 0 aliphatic carbocycles. The van der Waals surface area contributed by atoms with Crippen LogP contribution in [0, 0.1) is 5.41 Å². The summed E-state index contributed by atoms with van der Waals surface area (Å²) < 4.78 is 2.60. The van der Waals surface area contributed by atoms with Crippen LogP contribution in [0.2, 0.25) is 0 Å². The molecule has 0 heterocycles. The molecule has 0 aromatic heterocycles. The number of thiol groups is 4. The van der Waals surface area contributed by atoms with E-state index in [0.29, 0.717) is 0 Å². The molecule has 0 unspecified atom stereocenters. The van der Waals surface area contributed by atoms with Crippen LogP contribution in [0.15, 0.2) is 0 Å². The zero-order valence-corrected chi connectivity index (χ0v) is 12.3. The van der Waals surface area contributed by atoms with Crippen molar-refractivity contribution in [2.24, 2.45) is 5.41 Å². The Hall–Kier alpha value is 0.710. The van der Waals surface area contributed by atoms with Crippen LogP contribution in [-0.2, 0) is 8.98 Å². The first-order chi connectivity index (χ1) is 7.72. The van der Waals surface area contributed by atoms with Gasteiger partial charge in [0.2, 0.25) is 0 Å². The van der Waals surface area contributed by atoms with Crippen LogP contribution in [0.25, 0.3) is 0 Å². The second kappa shape index (κ2) is 9.62. The molecule has 0 fully saturated rings. The number of aliphatic hydroxyl groups excluding tert-OH is 4. The van der Waals surface area contributed by atoms with Gasteiger partial charge in [0, 0.05) is 12.9 Å². The molecule has 10 heteroatoms. The molecule has 0 aromatic carbocycles. The molecule has 0 amide bonds. The van der Waals surface area contributed by atoms with Crippen LogP contribution in [0.5, 0.6) is 0 Å². The lowest BCUT2D eigenvalue weighted by Crippen LogP contribution is -2.37. The fourth-order valence-electron chi connectivity index (χ4n) is 0.361. The van der Waals surface area contributed by atoms with Gasteiger partial charge >= 0.3 is 5.97 Å². The Morgan fingerprint density at radius 2 is 1.24 bits per heavy atom. The van der Waals surface area contributed by atoms with Gasteiger partial charge in [0.1, 0.15) is 0 Å². The van der Waals surface area contributed by atoms with Gasteiger partial charge in [0.05, 0.1) is 31.8 Å². The number of aliphatic hydroxyl groups is 4. The summed E-state index contributed by atoms with van der Waals surface area (Å²) in [5, 5.41) is 34.0. The SMILES string of the molecule is O=C(OS)C(S)(S)S.OCC(CO)(CO)CO. The van der Waals surface area contributed by atoms with Gasteiger partial charge in [0.15, 0.2) is 3.41 Å². The van der Waals surface area contributed by atoms with Crippen LogP contribution < -0.4 is 0 Å². The smallest absolute Gasteiger partial charge is 0.354 e. The molecule has 0 saturated carbocycles. The van der Waals surface area contributed by atoms with Gasteiger partial charge in [-0.2, -0.15) is 0 Å². The summed E-state index contributed by atoms with van der Waals surface area (Å²) >= 11 is 14.1. The molecule has 0 radical (unpaired) electrons. The Bertz CT molecular complexity index is 197. The van der Waals surface area contributed by atoms with Crippen LogP contribution in [0.3, 0.4) is 0 Å². The van der Waals surface area contributed by atoms with E-state index in [4.69, 9.17) is 20.4 Å². The maximum absolute atomic E-state index is 10.3. The van der Waals surface area contributed by atoms with Crippen molar-refractivity contribution < 1.29 is 29.4 Å². The molecular weight excluding hydrogens is 308 g/mol. The number of hydrogen-bond donors (Lipinski definition) is 8. The van der Waals surface area contributed by atoms with E-state index in [9.17, 15) is 4.79 Å². The Morgan fingerprint density at radius 1 is 0.941 bits per heavy atom. The highest BCUT2D eigenvalue weighted by atomic mass is 32.2. The molecule has 0 aliphatic heterocycles.